The van der Waals surface area contributed by atoms with Crippen molar-refractivity contribution in [1.82, 2.24) is 14.6 Å². The maximum absolute atomic E-state index is 11.8. The van der Waals surface area contributed by atoms with E-state index in [1.807, 2.05) is 66.9 Å². The minimum atomic E-state index is -0.352. The van der Waals surface area contributed by atoms with Crippen LogP contribution in [0.2, 0.25) is 0 Å². The highest BCUT2D eigenvalue weighted by molar-refractivity contribution is 5.93. The van der Waals surface area contributed by atoms with Crippen molar-refractivity contribution >= 4 is 11.6 Å². The van der Waals surface area contributed by atoms with E-state index < -0.39 is 0 Å². The van der Waals surface area contributed by atoms with Crippen LogP contribution in [0.4, 0.5) is 0 Å². The number of methoxy groups -OCH3 is 1. The standard InChI is InChI=1S/C22H19N3O2/c1-14-13-15(2)25-21(23-14)19(20(24-25)17-7-5-4-6-8-17)16-9-11-18(12-10-16)22(26)27-3/h4-13H,1-3H3. The molecule has 0 unspecified atom stereocenters. The molecule has 0 saturated heterocycles. The molecule has 4 rings (SSSR count). The molecule has 0 amide bonds. The summed E-state index contributed by atoms with van der Waals surface area (Å²) in [4.78, 5) is 16.5. The lowest BCUT2D eigenvalue weighted by molar-refractivity contribution is 0.0601. The first-order chi connectivity index (χ1) is 13.1. The Morgan fingerprint density at radius 1 is 0.963 bits per heavy atom. The molecule has 0 radical (unpaired) electrons. The van der Waals surface area contributed by atoms with Crippen molar-refractivity contribution in [1.29, 1.82) is 0 Å². The largest absolute Gasteiger partial charge is 0.465 e. The van der Waals surface area contributed by atoms with Crippen molar-refractivity contribution < 1.29 is 9.53 Å². The molecule has 4 aromatic rings. The Morgan fingerprint density at radius 3 is 2.33 bits per heavy atom. The van der Waals surface area contributed by atoms with Crippen LogP contribution in [-0.2, 0) is 4.74 Å². The zero-order valence-electron chi connectivity index (χ0n) is 15.4. The van der Waals surface area contributed by atoms with Crippen LogP contribution in [0.25, 0.3) is 28.0 Å². The summed E-state index contributed by atoms with van der Waals surface area (Å²) in [5, 5.41) is 4.84. The van der Waals surface area contributed by atoms with Gasteiger partial charge in [0.2, 0.25) is 0 Å². The van der Waals surface area contributed by atoms with Gasteiger partial charge >= 0.3 is 5.97 Å². The number of rotatable bonds is 3. The number of ether oxygens (including phenoxy) is 1. The molecule has 0 aliphatic heterocycles. The van der Waals surface area contributed by atoms with E-state index in [1.165, 1.54) is 7.11 Å². The molecule has 0 aliphatic rings. The van der Waals surface area contributed by atoms with Crippen LogP contribution in [0, 0.1) is 13.8 Å². The Hall–Kier alpha value is -3.47. The molecular weight excluding hydrogens is 338 g/mol. The van der Waals surface area contributed by atoms with Crippen LogP contribution in [0.15, 0.2) is 60.7 Å². The second kappa shape index (κ2) is 6.68. The molecule has 0 atom stereocenters. The third kappa shape index (κ3) is 2.97. The van der Waals surface area contributed by atoms with Crippen LogP contribution in [0.1, 0.15) is 21.7 Å². The van der Waals surface area contributed by atoms with Crippen molar-refractivity contribution in [2.24, 2.45) is 0 Å². The topological polar surface area (TPSA) is 56.5 Å². The van der Waals surface area contributed by atoms with Crippen LogP contribution < -0.4 is 0 Å². The normalized spacial score (nSPS) is 10.9. The SMILES string of the molecule is COC(=O)c1ccc(-c2c(-c3ccccc3)nn3c(C)cc(C)nc23)cc1. The summed E-state index contributed by atoms with van der Waals surface area (Å²) >= 11 is 0. The van der Waals surface area contributed by atoms with Gasteiger partial charge in [-0.3, -0.25) is 0 Å². The number of aryl methyl sites for hydroxylation is 2. The second-order valence-corrected chi connectivity index (χ2v) is 6.43. The van der Waals surface area contributed by atoms with Crippen molar-refractivity contribution in [3.8, 4) is 22.4 Å². The molecule has 134 valence electrons. The number of carbonyl (C=O) groups is 1. The summed E-state index contributed by atoms with van der Waals surface area (Å²) in [7, 11) is 1.38. The van der Waals surface area contributed by atoms with Gasteiger partial charge in [-0.15, -0.1) is 0 Å². The first kappa shape index (κ1) is 17.0. The predicted molar refractivity (Wildman–Crippen MR) is 105 cm³/mol. The number of esters is 1. The molecule has 27 heavy (non-hydrogen) atoms. The fraction of sp³-hybridized carbons (Fsp3) is 0.136. The number of hydrogen-bond donors (Lipinski definition) is 0. The molecule has 5 heteroatoms. The summed E-state index contributed by atoms with van der Waals surface area (Å²) in [6, 6.07) is 19.4. The number of hydrogen-bond acceptors (Lipinski definition) is 4. The van der Waals surface area contributed by atoms with Gasteiger partial charge in [-0.2, -0.15) is 5.10 Å². The van der Waals surface area contributed by atoms with E-state index in [0.717, 1.165) is 39.4 Å². The van der Waals surface area contributed by atoms with Crippen LogP contribution >= 0.6 is 0 Å². The molecule has 0 fully saturated rings. The third-order valence-electron chi connectivity index (χ3n) is 4.54. The number of fused-ring (bicyclic) bond motifs is 1. The maximum Gasteiger partial charge on any atom is 0.337 e. The monoisotopic (exact) mass is 357 g/mol. The molecule has 2 heterocycles. The van der Waals surface area contributed by atoms with Gasteiger partial charge in [-0.25, -0.2) is 14.3 Å². The second-order valence-electron chi connectivity index (χ2n) is 6.43. The Kier molecular flexibility index (Phi) is 4.20. The Bertz CT molecular complexity index is 1130. The van der Waals surface area contributed by atoms with E-state index in [1.54, 1.807) is 12.1 Å². The lowest BCUT2D eigenvalue weighted by atomic mass is 10.00. The van der Waals surface area contributed by atoms with Crippen LogP contribution in [0.3, 0.4) is 0 Å². The minimum absolute atomic E-state index is 0.352. The van der Waals surface area contributed by atoms with Gasteiger partial charge < -0.3 is 4.74 Å². The Labute approximate surface area is 157 Å². The van der Waals surface area contributed by atoms with Crippen molar-refractivity contribution in [3.05, 3.63) is 77.6 Å². The highest BCUT2D eigenvalue weighted by atomic mass is 16.5. The van der Waals surface area contributed by atoms with E-state index in [4.69, 9.17) is 14.8 Å². The van der Waals surface area contributed by atoms with E-state index in [9.17, 15) is 4.79 Å². The van der Waals surface area contributed by atoms with Gasteiger partial charge in [-0.1, -0.05) is 42.5 Å². The van der Waals surface area contributed by atoms with Crippen LogP contribution in [-0.4, -0.2) is 27.7 Å². The predicted octanol–water partition coefficient (Wildman–Crippen LogP) is 4.47. The van der Waals surface area contributed by atoms with E-state index in [0.29, 0.717) is 5.56 Å². The number of carbonyl (C=O) groups excluding carboxylic acids is 1. The lowest BCUT2D eigenvalue weighted by Crippen LogP contribution is -2.00. The first-order valence-electron chi connectivity index (χ1n) is 8.69. The molecule has 2 aromatic carbocycles. The van der Waals surface area contributed by atoms with Gasteiger partial charge in [-0.05, 0) is 37.6 Å². The first-order valence-corrected chi connectivity index (χ1v) is 8.69. The van der Waals surface area contributed by atoms with Crippen molar-refractivity contribution in [2.45, 2.75) is 13.8 Å². The average molecular weight is 357 g/mol. The van der Waals surface area contributed by atoms with Crippen molar-refractivity contribution in [2.75, 3.05) is 7.11 Å². The highest BCUT2D eigenvalue weighted by Crippen LogP contribution is 2.35. The maximum atomic E-state index is 11.8. The van der Waals surface area contributed by atoms with Gasteiger partial charge in [0.1, 0.15) is 5.69 Å². The molecule has 2 aromatic heterocycles. The average Bonchev–Trinajstić information content (AvgIpc) is 3.08. The lowest BCUT2D eigenvalue weighted by Gasteiger charge is -2.06. The molecule has 0 saturated carbocycles. The van der Waals surface area contributed by atoms with Gasteiger partial charge in [0, 0.05) is 17.0 Å². The molecule has 0 N–H and O–H groups in total. The summed E-state index contributed by atoms with van der Waals surface area (Å²) in [5.41, 5.74) is 7.06. The fourth-order valence-electron chi connectivity index (χ4n) is 3.28. The number of nitrogens with zero attached hydrogens (tertiary/aromatic N) is 3. The smallest absolute Gasteiger partial charge is 0.337 e. The minimum Gasteiger partial charge on any atom is -0.465 e. The zero-order valence-corrected chi connectivity index (χ0v) is 15.4. The number of benzene rings is 2. The fourth-order valence-corrected chi connectivity index (χ4v) is 3.28. The van der Waals surface area contributed by atoms with E-state index in [2.05, 4.69) is 0 Å². The van der Waals surface area contributed by atoms with E-state index >= 15 is 0 Å². The number of aromatic nitrogens is 3. The Balaban J connectivity index is 1.99. The van der Waals surface area contributed by atoms with Gasteiger partial charge in [0.05, 0.1) is 18.2 Å². The zero-order chi connectivity index (χ0) is 19.0. The molecule has 0 bridgehead atoms. The molecule has 5 nitrogen and oxygen atoms in total. The highest BCUT2D eigenvalue weighted by Gasteiger charge is 2.19. The van der Waals surface area contributed by atoms with Crippen LogP contribution in [0.5, 0.6) is 0 Å². The summed E-state index contributed by atoms with van der Waals surface area (Å²) < 4.78 is 6.67. The quantitative estimate of drug-likeness (QED) is 0.508. The molecule has 0 spiro atoms. The molecule has 0 aliphatic carbocycles. The third-order valence-corrected chi connectivity index (χ3v) is 4.54. The Morgan fingerprint density at radius 2 is 1.67 bits per heavy atom. The molecular formula is C22H19N3O2. The van der Waals surface area contributed by atoms with Crippen molar-refractivity contribution in [3.63, 3.8) is 0 Å². The summed E-state index contributed by atoms with van der Waals surface area (Å²) in [5.74, 6) is -0.352. The van der Waals surface area contributed by atoms with Gasteiger partial charge in [0.25, 0.3) is 0 Å². The summed E-state index contributed by atoms with van der Waals surface area (Å²) in [6.07, 6.45) is 0. The summed E-state index contributed by atoms with van der Waals surface area (Å²) in [6.45, 7) is 4.00. The van der Waals surface area contributed by atoms with E-state index in [-0.39, 0.29) is 5.97 Å². The van der Waals surface area contributed by atoms with Gasteiger partial charge in [0.15, 0.2) is 5.65 Å².